The minimum absolute atomic E-state index is 0.143. The molecule has 2 aromatic carbocycles. The lowest BCUT2D eigenvalue weighted by molar-refractivity contribution is -0.137. The zero-order chi connectivity index (χ0) is 23.9. The first kappa shape index (κ1) is 24.1. The van der Waals surface area contributed by atoms with E-state index in [2.05, 4.69) is 10.0 Å². The van der Waals surface area contributed by atoms with E-state index in [1.807, 2.05) is 19.9 Å². The van der Waals surface area contributed by atoms with Gasteiger partial charge in [-0.05, 0) is 54.7 Å². The molecule has 0 bridgehead atoms. The van der Waals surface area contributed by atoms with Crippen LogP contribution in [0.1, 0.15) is 55.0 Å². The Hall–Kier alpha value is -2.55. The molecule has 0 heterocycles. The number of benzene rings is 2. The van der Waals surface area contributed by atoms with E-state index in [0.29, 0.717) is 24.1 Å². The summed E-state index contributed by atoms with van der Waals surface area (Å²) in [4.78, 5) is 12.9. The maximum absolute atomic E-state index is 12.9. The Morgan fingerprint density at radius 1 is 1.19 bits per heavy atom. The largest absolute Gasteiger partial charge is 0.416 e. The third kappa shape index (κ3) is 5.26. The summed E-state index contributed by atoms with van der Waals surface area (Å²) in [6.07, 6.45) is -2.11. The van der Waals surface area contributed by atoms with Gasteiger partial charge >= 0.3 is 6.18 Å². The number of alkyl halides is 3. The van der Waals surface area contributed by atoms with Gasteiger partial charge in [0.25, 0.3) is 0 Å². The fourth-order valence-electron chi connectivity index (χ4n) is 4.02. The van der Waals surface area contributed by atoms with Crippen LogP contribution in [0.3, 0.4) is 0 Å². The molecule has 1 aliphatic carbocycles. The third-order valence-electron chi connectivity index (χ3n) is 6.10. The average Bonchev–Trinajstić information content (AvgIpc) is 3.39. The molecule has 1 aliphatic rings. The van der Waals surface area contributed by atoms with Crippen molar-refractivity contribution in [2.45, 2.75) is 51.2 Å². The lowest BCUT2D eigenvalue weighted by atomic mass is 9.94. The van der Waals surface area contributed by atoms with Gasteiger partial charge in [0, 0.05) is 11.3 Å². The number of hydrogen-bond donors (Lipinski definition) is 2. The number of carbonyl (C=O) groups is 1. The van der Waals surface area contributed by atoms with Crippen molar-refractivity contribution in [3.63, 3.8) is 0 Å². The van der Waals surface area contributed by atoms with Crippen molar-refractivity contribution >= 4 is 21.6 Å². The van der Waals surface area contributed by atoms with Gasteiger partial charge in [0.05, 0.1) is 23.5 Å². The third-order valence-corrected chi connectivity index (χ3v) is 6.69. The summed E-state index contributed by atoms with van der Waals surface area (Å²) in [7, 11) is -3.39. The molecule has 2 N–H and O–H groups in total. The molecular formula is C23H27F3N2O3S. The Morgan fingerprint density at radius 2 is 1.81 bits per heavy atom. The highest BCUT2D eigenvalue weighted by Gasteiger charge is 2.55. The van der Waals surface area contributed by atoms with Crippen molar-refractivity contribution in [3.8, 4) is 0 Å². The minimum atomic E-state index is -4.39. The number of sulfonamides is 1. The molecule has 0 spiro atoms. The molecule has 2 aromatic rings. The van der Waals surface area contributed by atoms with E-state index in [-0.39, 0.29) is 17.9 Å². The van der Waals surface area contributed by atoms with Crippen LogP contribution in [0.2, 0.25) is 0 Å². The quantitative estimate of drug-likeness (QED) is 0.605. The number of hydrogen-bond acceptors (Lipinski definition) is 3. The fourth-order valence-corrected chi connectivity index (χ4v) is 4.65. The van der Waals surface area contributed by atoms with Gasteiger partial charge in [0.1, 0.15) is 0 Å². The molecular weight excluding hydrogens is 441 g/mol. The van der Waals surface area contributed by atoms with Gasteiger partial charge in [-0.3, -0.25) is 9.52 Å². The number of aryl methyl sites for hydroxylation is 1. The highest BCUT2D eigenvalue weighted by Crippen LogP contribution is 2.54. The molecule has 1 fully saturated rings. The van der Waals surface area contributed by atoms with Crippen LogP contribution in [-0.2, 0) is 26.4 Å². The number of rotatable bonds is 7. The van der Waals surface area contributed by atoms with Crippen LogP contribution in [0.5, 0.6) is 0 Å². The Balaban J connectivity index is 1.70. The molecule has 3 rings (SSSR count). The molecule has 32 heavy (non-hydrogen) atoms. The lowest BCUT2D eigenvalue weighted by Gasteiger charge is -2.20. The van der Waals surface area contributed by atoms with E-state index in [0.717, 1.165) is 29.5 Å². The zero-order valence-corrected chi connectivity index (χ0v) is 19.2. The van der Waals surface area contributed by atoms with Crippen LogP contribution >= 0.6 is 0 Å². The van der Waals surface area contributed by atoms with Gasteiger partial charge in [0.2, 0.25) is 15.9 Å². The predicted molar refractivity (Wildman–Crippen MR) is 118 cm³/mol. The zero-order valence-electron chi connectivity index (χ0n) is 18.4. The van der Waals surface area contributed by atoms with Crippen LogP contribution in [0.25, 0.3) is 0 Å². The second-order valence-electron chi connectivity index (χ2n) is 8.67. The summed E-state index contributed by atoms with van der Waals surface area (Å²) >= 11 is 0. The van der Waals surface area contributed by atoms with Crippen LogP contribution in [0, 0.1) is 12.8 Å². The van der Waals surface area contributed by atoms with E-state index >= 15 is 0 Å². The molecule has 3 atom stereocenters. The first-order valence-electron chi connectivity index (χ1n) is 10.3. The SMILES string of the molecule is CCC(NC(=O)C1CC1(C)c1ccc(C(F)(F)F)cc1)c1ccc(NS(C)(=O)=O)c(C)c1. The maximum Gasteiger partial charge on any atom is 0.416 e. The topological polar surface area (TPSA) is 75.3 Å². The first-order valence-corrected chi connectivity index (χ1v) is 12.2. The van der Waals surface area contributed by atoms with Crippen LogP contribution < -0.4 is 10.0 Å². The average molecular weight is 469 g/mol. The minimum Gasteiger partial charge on any atom is -0.349 e. The second kappa shape index (κ2) is 8.42. The molecule has 0 aliphatic heterocycles. The number of amides is 1. The summed E-state index contributed by atoms with van der Waals surface area (Å²) in [5.74, 6) is -0.462. The summed E-state index contributed by atoms with van der Waals surface area (Å²) in [6, 6.07) is 10.0. The van der Waals surface area contributed by atoms with Crippen LogP contribution in [0.4, 0.5) is 18.9 Å². The van der Waals surface area contributed by atoms with Gasteiger partial charge in [-0.25, -0.2) is 8.42 Å². The van der Waals surface area contributed by atoms with Gasteiger partial charge < -0.3 is 5.32 Å². The first-order chi connectivity index (χ1) is 14.7. The molecule has 174 valence electrons. The summed E-state index contributed by atoms with van der Waals surface area (Å²) < 4.78 is 63.9. The predicted octanol–water partition coefficient (Wildman–Crippen LogP) is 4.93. The van der Waals surface area contributed by atoms with Gasteiger partial charge in [-0.1, -0.05) is 38.1 Å². The highest BCUT2D eigenvalue weighted by atomic mass is 32.2. The second-order valence-corrected chi connectivity index (χ2v) is 10.4. The van der Waals surface area contributed by atoms with Crippen LogP contribution in [-0.4, -0.2) is 20.6 Å². The number of halogens is 3. The van der Waals surface area contributed by atoms with E-state index < -0.39 is 27.2 Å². The molecule has 5 nitrogen and oxygen atoms in total. The summed E-state index contributed by atoms with van der Waals surface area (Å²) in [5, 5.41) is 3.04. The Bertz CT molecular complexity index is 1110. The Morgan fingerprint density at radius 3 is 2.31 bits per heavy atom. The smallest absolute Gasteiger partial charge is 0.349 e. The van der Waals surface area contributed by atoms with Crippen molar-refractivity contribution in [2.75, 3.05) is 11.0 Å². The highest BCUT2D eigenvalue weighted by molar-refractivity contribution is 7.92. The molecule has 1 amide bonds. The molecule has 3 unspecified atom stereocenters. The molecule has 9 heteroatoms. The lowest BCUT2D eigenvalue weighted by Crippen LogP contribution is -2.31. The standard InChI is InChI=1S/C23H27F3N2O3S/c1-5-19(15-6-11-20(14(2)12-15)28-32(4,30)31)27-21(29)18-13-22(18,3)16-7-9-17(10-8-16)23(24,25)26/h6-12,18-19,28H,5,13H2,1-4H3,(H,27,29). The Kier molecular flexibility index (Phi) is 6.34. The molecule has 0 saturated heterocycles. The number of carbonyl (C=O) groups excluding carboxylic acids is 1. The van der Waals surface area contributed by atoms with Crippen LogP contribution in [0.15, 0.2) is 42.5 Å². The van der Waals surface area contributed by atoms with Crippen molar-refractivity contribution in [1.82, 2.24) is 5.32 Å². The molecule has 0 aromatic heterocycles. The van der Waals surface area contributed by atoms with E-state index in [1.54, 1.807) is 19.1 Å². The maximum atomic E-state index is 12.9. The van der Waals surface area contributed by atoms with E-state index in [1.165, 1.54) is 12.1 Å². The van der Waals surface area contributed by atoms with E-state index in [9.17, 15) is 26.4 Å². The number of nitrogens with one attached hydrogen (secondary N) is 2. The fraction of sp³-hybridized carbons (Fsp3) is 0.435. The summed E-state index contributed by atoms with van der Waals surface area (Å²) in [5.41, 5.74) is 1.59. The van der Waals surface area contributed by atoms with Crippen molar-refractivity contribution in [1.29, 1.82) is 0 Å². The normalized spacial score (nSPS) is 21.7. The molecule has 1 saturated carbocycles. The monoisotopic (exact) mass is 468 g/mol. The summed E-state index contributed by atoms with van der Waals surface area (Å²) in [6.45, 7) is 5.61. The van der Waals surface area contributed by atoms with Gasteiger partial charge in [0.15, 0.2) is 0 Å². The van der Waals surface area contributed by atoms with E-state index in [4.69, 9.17) is 0 Å². The molecule has 0 radical (unpaired) electrons. The van der Waals surface area contributed by atoms with Crippen molar-refractivity contribution < 1.29 is 26.4 Å². The van der Waals surface area contributed by atoms with Crippen molar-refractivity contribution in [2.24, 2.45) is 5.92 Å². The Labute approximate surface area is 186 Å². The number of anilines is 1. The van der Waals surface area contributed by atoms with Crippen molar-refractivity contribution in [3.05, 3.63) is 64.7 Å². The van der Waals surface area contributed by atoms with Gasteiger partial charge in [-0.15, -0.1) is 0 Å². The van der Waals surface area contributed by atoms with Gasteiger partial charge in [-0.2, -0.15) is 13.2 Å².